The Labute approximate surface area is 65.5 Å². The van der Waals surface area contributed by atoms with Crippen molar-refractivity contribution < 1.29 is 9.84 Å². The van der Waals surface area contributed by atoms with Crippen LogP contribution in [0.4, 0.5) is 0 Å². The lowest BCUT2D eigenvalue weighted by Gasteiger charge is -2.14. The second-order valence-electron chi connectivity index (χ2n) is 2.26. The Balaban J connectivity index is 2.65. The van der Waals surface area contributed by atoms with Gasteiger partial charge in [0.1, 0.15) is 11.9 Å². The fourth-order valence-electron chi connectivity index (χ4n) is 0.888. The zero-order valence-electron chi connectivity index (χ0n) is 6.37. The molecule has 0 fully saturated rings. The summed E-state index contributed by atoms with van der Waals surface area (Å²) in [6.45, 7) is 2.40. The van der Waals surface area contributed by atoms with Crippen molar-refractivity contribution in [3.63, 3.8) is 0 Å². The minimum Gasteiger partial charge on any atom is -0.508 e. The molecule has 0 radical (unpaired) electrons. The molecule has 0 saturated carbocycles. The molecular weight excluding hydrogens is 142 g/mol. The standard InChI is InChI=1S/C8H11NO2/c1-2-11-8-5-6(10)3-4-7(8)9/h3-5,8-10H,2H2,1H3/t8-/m1/s1. The van der Waals surface area contributed by atoms with Gasteiger partial charge in [-0.05, 0) is 25.2 Å². The number of hydrogen-bond acceptors (Lipinski definition) is 3. The van der Waals surface area contributed by atoms with Gasteiger partial charge in [-0.3, -0.25) is 0 Å². The maximum Gasteiger partial charge on any atom is 0.121 e. The molecule has 0 aromatic carbocycles. The number of hydrogen-bond donors (Lipinski definition) is 2. The molecule has 1 rings (SSSR count). The third-order valence-electron chi connectivity index (χ3n) is 1.41. The van der Waals surface area contributed by atoms with Crippen LogP contribution in [0.15, 0.2) is 24.0 Å². The van der Waals surface area contributed by atoms with Crippen molar-refractivity contribution in [1.82, 2.24) is 0 Å². The number of rotatable bonds is 2. The molecule has 3 nitrogen and oxygen atoms in total. The van der Waals surface area contributed by atoms with Gasteiger partial charge in [-0.25, -0.2) is 0 Å². The van der Waals surface area contributed by atoms with E-state index in [2.05, 4.69) is 0 Å². The summed E-state index contributed by atoms with van der Waals surface area (Å²) >= 11 is 0. The van der Waals surface area contributed by atoms with E-state index in [0.717, 1.165) is 0 Å². The van der Waals surface area contributed by atoms with Gasteiger partial charge in [-0.1, -0.05) is 0 Å². The van der Waals surface area contributed by atoms with Crippen LogP contribution in [0, 0.1) is 5.41 Å². The maximum atomic E-state index is 9.02. The maximum absolute atomic E-state index is 9.02. The molecule has 0 aromatic rings. The van der Waals surface area contributed by atoms with E-state index in [1.807, 2.05) is 6.92 Å². The molecule has 1 atom stereocenters. The van der Waals surface area contributed by atoms with Crippen molar-refractivity contribution in [2.45, 2.75) is 13.0 Å². The summed E-state index contributed by atoms with van der Waals surface area (Å²) in [5.41, 5.74) is 0.379. The zero-order valence-corrected chi connectivity index (χ0v) is 6.37. The van der Waals surface area contributed by atoms with Gasteiger partial charge in [-0.2, -0.15) is 0 Å². The molecule has 0 spiro atoms. The van der Waals surface area contributed by atoms with E-state index in [-0.39, 0.29) is 11.9 Å². The first-order valence-electron chi connectivity index (χ1n) is 3.53. The highest BCUT2D eigenvalue weighted by Gasteiger charge is 2.13. The number of aliphatic hydroxyl groups is 1. The number of aliphatic hydroxyl groups excluding tert-OH is 1. The highest BCUT2D eigenvalue weighted by atomic mass is 16.5. The molecule has 1 aliphatic rings. The highest BCUT2D eigenvalue weighted by molar-refractivity contribution is 5.98. The summed E-state index contributed by atoms with van der Waals surface area (Å²) in [5.74, 6) is 0.166. The largest absolute Gasteiger partial charge is 0.508 e. The minimum atomic E-state index is -0.370. The van der Waals surface area contributed by atoms with E-state index >= 15 is 0 Å². The van der Waals surface area contributed by atoms with Gasteiger partial charge < -0.3 is 15.3 Å². The number of allylic oxidation sites excluding steroid dienone is 1. The monoisotopic (exact) mass is 153 g/mol. The number of ether oxygens (including phenoxy) is 1. The van der Waals surface area contributed by atoms with E-state index in [4.69, 9.17) is 15.3 Å². The van der Waals surface area contributed by atoms with Gasteiger partial charge in [0.2, 0.25) is 0 Å². The Morgan fingerprint density at radius 2 is 2.36 bits per heavy atom. The Morgan fingerprint density at radius 1 is 1.64 bits per heavy atom. The van der Waals surface area contributed by atoms with Crippen LogP contribution in [0.2, 0.25) is 0 Å². The van der Waals surface area contributed by atoms with E-state index in [0.29, 0.717) is 12.3 Å². The van der Waals surface area contributed by atoms with Gasteiger partial charge in [0.05, 0.1) is 5.71 Å². The zero-order chi connectivity index (χ0) is 8.27. The summed E-state index contributed by atoms with van der Waals surface area (Å²) in [7, 11) is 0. The van der Waals surface area contributed by atoms with Crippen molar-refractivity contribution in [3.05, 3.63) is 24.0 Å². The van der Waals surface area contributed by atoms with E-state index < -0.39 is 0 Å². The lowest BCUT2D eigenvalue weighted by atomic mass is 10.1. The van der Waals surface area contributed by atoms with Crippen molar-refractivity contribution in [1.29, 1.82) is 5.41 Å². The van der Waals surface area contributed by atoms with Crippen LogP contribution in [-0.4, -0.2) is 23.5 Å². The Kier molecular flexibility index (Phi) is 2.44. The van der Waals surface area contributed by atoms with Gasteiger partial charge in [0, 0.05) is 6.61 Å². The molecule has 0 amide bonds. The fourth-order valence-corrected chi connectivity index (χ4v) is 0.888. The Bertz CT molecular complexity index is 218. The normalized spacial score (nSPS) is 23.5. The molecule has 60 valence electrons. The fraction of sp³-hybridized carbons (Fsp3) is 0.375. The quantitative estimate of drug-likeness (QED) is 0.630. The third-order valence-corrected chi connectivity index (χ3v) is 1.41. The van der Waals surface area contributed by atoms with Crippen LogP contribution in [0.5, 0.6) is 0 Å². The Hall–Kier alpha value is -1.09. The van der Waals surface area contributed by atoms with Gasteiger partial charge in [-0.15, -0.1) is 0 Å². The molecule has 0 aromatic heterocycles. The van der Waals surface area contributed by atoms with Crippen molar-refractivity contribution >= 4 is 5.71 Å². The summed E-state index contributed by atoms with van der Waals surface area (Å²) in [4.78, 5) is 0. The minimum absolute atomic E-state index is 0.166. The van der Waals surface area contributed by atoms with Crippen molar-refractivity contribution in [2.24, 2.45) is 0 Å². The second-order valence-corrected chi connectivity index (χ2v) is 2.26. The van der Waals surface area contributed by atoms with Gasteiger partial charge in [0.25, 0.3) is 0 Å². The predicted molar refractivity (Wildman–Crippen MR) is 43.0 cm³/mol. The molecule has 3 heteroatoms. The SMILES string of the molecule is CCO[C@@H]1C=C(O)C=CC1=N. The topological polar surface area (TPSA) is 53.3 Å². The second kappa shape index (κ2) is 3.34. The smallest absolute Gasteiger partial charge is 0.121 e. The van der Waals surface area contributed by atoms with Crippen LogP contribution in [0.1, 0.15) is 6.92 Å². The van der Waals surface area contributed by atoms with Crippen LogP contribution in [-0.2, 0) is 4.74 Å². The molecule has 2 N–H and O–H groups in total. The van der Waals surface area contributed by atoms with Crippen molar-refractivity contribution in [2.75, 3.05) is 6.61 Å². The lowest BCUT2D eigenvalue weighted by Crippen LogP contribution is -2.22. The van der Waals surface area contributed by atoms with E-state index in [1.165, 1.54) is 18.2 Å². The lowest BCUT2D eigenvalue weighted by molar-refractivity contribution is 0.137. The Morgan fingerprint density at radius 3 is 3.00 bits per heavy atom. The van der Waals surface area contributed by atoms with Crippen LogP contribution in [0.25, 0.3) is 0 Å². The molecule has 1 aliphatic carbocycles. The predicted octanol–water partition coefficient (Wildman–Crippen LogP) is 1.42. The van der Waals surface area contributed by atoms with Crippen molar-refractivity contribution in [3.8, 4) is 0 Å². The van der Waals surface area contributed by atoms with Crippen LogP contribution < -0.4 is 0 Å². The molecule has 0 aliphatic heterocycles. The number of nitrogens with one attached hydrogen (secondary N) is 1. The first kappa shape index (κ1) is 8.01. The first-order chi connectivity index (χ1) is 5.24. The average Bonchev–Trinajstić information content (AvgIpc) is 1.98. The first-order valence-corrected chi connectivity index (χ1v) is 3.53. The average molecular weight is 153 g/mol. The summed E-state index contributed by atoms with van der Waals surface area (Å²) in [6, 6.07) is 0. The summed E-state index contributed by atoms with van der Waals surface area (Å²) in [5, 5.41) is 16.4. The molecule has 11 heavy (non-hydrogen) atoms. The van der Waals surface area contributed by atoms with Crippen LogP contribution in [0.3, 0.4) is 0 Å². The molecular formula is C8H11NO2. The molecule has 0 saturated heterocycles. The third kappa shape index (κ3) is 1.91. The van der Waals surface area contributed by atoms with E-state index in [9.17, 15) is 0 Å². The van der Waals surface area contributed by atoms with Gasteiger partial charge >= 0.3 is 0 Å². The van der Waals surface area contributed by atoms with Gasteiger partial charge in [0.15, 0.2) is 0 Å². The molecule has 0 bridgehead atoms. The highest BCUT2D eigenvalue weighted by Crippen LogP contribution is 2.08. The van der Waals surface area contributed by atoms with Crippen LogP contribution >= 0.6 is 0 Å². The molecule has 0 unspecified atom stereocenters. The molecule has 0 heterocycles. The summed E-state index contributed by atoms with van der Waals surface area (Å²) < 4.78 is 5.15. The van der Waals surface area contributed by atoms with E-state index in [1.54, 1.807) is 0 Å². The summed E-state index contributed by atoms with van der Waals surface area (Å²) in [6.07, 6.45) is 4.17.